The maximum atomic E-state index is 12.1. The van der Waals surface area contributed by atoms with Crippen LogP contribution in [0.15, 0.2) is 0 Å². The SMILES string of the molecule is CCCCCCCCCCCCCC(=O)OCC(CO)OC(=O)CCCCCCCCCCCC(C)C. The van der Waals surface area contributed by atoms with E-state index >= 15 is 0 Å². The number of aliphatic hydroxyl groups is 1. The number of rotatable bonds is 28. The molecular formula is C32H62O5. The first-order valence-corrected chi connectivity index (χ1v) is 16.0. The number of hydrogen-bond acceptors (Lipinski definition) is 5. The Hall–Kier alpha value is -1.10. The van der Waals surface area contributed by atoms with Gasteiger partial charge in [-0.25, -0.2) is 0 Å². The lowest BCUT2D eigenvalue weighted by atomic mass is 10.0. The molecular weight excluding hydrogens is 464 g/mol. The monoisotopic (exact) mass is 526 g/mol. The van der Waals surface area contributed by atoms with Crippen LogP contribution >= 0.6 is 0 Å². The van der Waals surface area contributed by atoms with Crippen molar-refractivity contribution in [1.29, 1.82) is 0 Å². The van der Waals surface area contributed by atoms with Crippen molar-refractivity contribution in [3.63, 3.8) is 0 Å². The Labute approximate surface area is 229 Å². The van der Waals surface area contributed by atoms with Crippen molar-refractivity contribution < 1.29 is 24.2 Å². The van der Waals surface area contributed by atoms with Crippen molar-refractivity contribution in [3.05, 3.63) is 0 Å². The van der Waals surface area contributed by atoms with Crippen LogP contribution < -0.4 is 0 Å². The van der Waals surface area contributed by atoms with E-state index in [4.69, 9.17) is 9.47 Å². The maximum absolute atomic E-state index is 12.1. The molecule has 0 aromatic carbocycles. The minimum Gasteiger partial charge on any atom is -0.462 e. The molecule has 0 spiro atoms. The lowest BCUT2D eigenvalue weighted by Gasteiger charge is -2.15. The molecule has 220 valence electrons. The van der Waals surface area contributed by atoms with Gasteiger partial charge in [0.15, 0.2) is 6.10 Å². The average molecular weight is 527 g/mol. The number of carbonyl (C=O) groups is 2. The van der Waals surface area contributed by atoms with E-state index in [9.17, 15) is 14.7 Å². The molecule has 0 saturated heterocycles. The van der Waals surface area contributed by atoms with Gasteiger partial charge in [0.1, 0.15) is 6.61 Å². The highest BCUT2D eigenvalue weighted by atomic mass is 16.6. The summed E-state index contributed by atoms with van der Waals surface area (Å²) in [6, 6.07) is 0. The summed E-state index contributed by atoms with van der Waals surface area (Å²) in [4.78, 5) is 24.0. The topological polar surface area (TPSA) is 72.8 Å². The molecule has 0 aromatic rings. The first-order chi connectivity index (χ1) is 18.0. The van der Waals surface area contributed by atoms with E-state index < -0.39 is 6.10 Å². The standard InChI is InChI=1S/C32H62O5/c1-4-5-6-7-8-9-10-13-16-19-22-25-31(34)36-28-30(27-33)37-32(35)26-23-20-17-14-11-12-15-18-21-24-29(2)3/h29-30,33H,4-28H2,1-3H3. The van der Waals surface area contributed by atoms with Gasteiger partial charge in [0, 0.05) is 12.8 Å². The number of ether oxygens (including phenoxy) is 2. The molecule has 0 radical (unpaired) electrons. The molecule has 0 rings (SSSR count). The smallest absolute Gasteiger partial charge is 0.306 e. The second-order valence-corrected chi connectivity index (χ2v) is 11.4. The zero-order valence-corrected chi connectivity index (χ0v) is 24.9. The third-order valence-electron chi connectivity index (χ3n) is 7.08. The highest BCUT2D eigenvalue weighted by Gasteiger charge is 2.16. The molecule has 1 atom stereocenters. The van der Waals surface area contributed by atoms with Crippen molar-refractivity contribution in [3.8, 4) is 0 Å². The lowest BCUT2D eigenvalue weighted by Crippen LogP contribution is -2.28. The van der Waals surface area contributed by atoms with Crippen LogP contribution in [0.2, 0.25) is 0 Å². The Kier molecular flexibility index (Phi) is 27.1. The van der Waals surface area contributed by atoms with Gasteiger partial charge in [0.2, 0.25) is 0 Å². The zero-order valence-electron chi connectivity index (χ0n) is 24.9. The number of unbranched alkanes of at least 4 members (excludes halogenated alkanes) is 18. The van der Waals surface area contributed by atoms with E-state index in [1.165, 1.54) is 96.3 Å². The van der Waals surface area contributed by atoms with E-state index in [1.807, 2.05) is 0 Å². The first-order valence-electron chi connectivity index (χ1n) is 16.0. The fourth-order valence-electron chi connectivity index (χ4n) is 4.62. The fraction of sp³-hybridized carbons (Fsp3) is 0.938. The summed E-state index contributed by atoms with van der Waals surface area (Å²) in [7, 11) is 0. The van der Waals surface area contributed by atoms with Gasteiger partial charge in [-0.15, -0.1) is 0 Å². The Morgan fingerprint density at radius 1 is 0.595 bits per heavy atom. The van der Waals surface area contributed by atoms with Gasteiger partial charge >= 0.3 is 11.9 Å². The minimum atomic E-state index is -0.760. The minimum absolute atomic E-state index is 0.0593. The third-order valence-corrected chi connectivity index (χ3v) is 7.08. The molecule has 0 aliphatic heterocycles. The number of hydrogen-bond donors (Lipinski definition) is 1. The van der Waals surface area contributed by atoms with Crippen LogP contribution in [0.4, 0.5) is 0 Å². The van der Waals surface area contributed by atoms with Gasteiger partial charge in [-0.05, 0) is 18.8 Å². The van der Waals surface area contributed by atoms with Crippen LogP contribution in [0, 0.1) is 5.92 Å². The van der Waals surface area contributed by atoms with E-state index in [0.29, 0.717) is 12.8 Å². The largest absolute Gasteiger partial charge is 0.462 e. The van der Waals surface area contributed by atoms with E-state index in [-0.39, 0.29) is 25.2 Å². The second kappa shape index (κ2) is 27.9. The van der Waals surface area contributed by atoms with Crippen molar-refractivity contribution in [2.75, 3.05) is 13.2 Å². The van der Waals surface area contributed by atoms with Crippen LogP contribution in [0.1, 0.15) is 168 Å². The lowest BCUT2D eigenvalue weighted by molar-refractivity contribution is -0.161. The molecule has 0 bridgehead atoms. The van der Waals surface area contributed by atoms with Crippen molar-refractivity contribution in [1.82, 2.24) is 0 Å². The quantitative estimate of drug-likeness (QED) is 0.0813. The molecule has 5 nitrogen and oxygen atoms in total. The first kappa shape index (κ1) is 35.9. The second-order valence-electron chi connectivity index (χ2n) is 11.4. The van der Waals surface area contributed by atoms with Crippen molar-refractivity contribution >= 4 is 11.9 Å². The van der Waals surface area contributed by atoms with Gasteiger partial charge < -0.3 is 14.6 Å². The Morgan fingerprint density at radius 2 is 1.00 bits per heavy atom. The molecule has 0 aromatic heterocycles. The predicted molar refractivity (Wildman–Crippen MR) is 155 cm³/mol. The molecule has 0 fully saturated rings. The van der Waals surface area contributed by atoms with Crippen LogP contribution in [-0.4, -0.2) is 36.4 Å². The van der Waals surface area contributed by atoms with Gasteiger partial charge in [-0.3, -0.25) is 9.59 Å². The van der Waals surface area contributed by atoms with Gasteiger partial charge in [0.25, 0.3) is 0 Å². The van der Waals surface area contributed by atoms with Crippen LogP contribution in [0.25, 0.3) is 0 Å². The summed E-state index contributed by atoms with van der Waals surface area (Å²) >= 11 is 0. The normalized spacial score (nSPS) is 12.1. The Bertz CT molecular complexity index is 505. The van der Waals surface area contributed by atoms with E-state index in [0.717, 1.165) is 44.4 Å². The van der Waals surface area contributed by atoms with Crippen molar-refractivity contribution in [2.24, 2.45) is 5.92 Å². The number of esters is 2. The van der Waals surface area contributed by atoms with E-state index in [2.05, 4.69) is 20.8 Å². The molecule has 0 aliphatic rings. The Balaban J connectivity index is 3.57. The van der Waals surface area contributed by atoms with E-state index in [1.54, 1.807) is 0 Å². The summed E-state index contributed by atoms with van der Waals surface area (Å²) in [5, 5.41) is 9.47. The summed E-state index contributed by atoms with van der Waals surface area (Å²) in [5.74, 6) is 0.231. The average Bonchev–Trinajstić information content (AvgIpc) is 2.88. The van der Waals surface area contributed by atoms with Gasteiger partial charge in [-0.1, -0.05) is 143 Å². The highest BCUT2D eigenvalue weighted by molar-refractivity contribution is 5.70. The fourth-order valence-corrected chi connectivity index (χ4v) is 4.62. The Morgan fingerprint density at radius 3 is 1.43 bits per heavy atom. The number of aliphatic hydroxyl groups excluding tert-OH is 1. The van der Waals surface area contributed by atoms with Gasteiger partial charge in [-0.2, -0.15) is 0 Å². The highest BCUT2D eigenvalue weighted by Crippen LogP contribution is 2.14. The predicted octanol–water partition coefficient (Wildman–Crippen LogP) is 9.08. The third kappa shape index (κ3) is 27.7. The molecule has 0 amide bonds. The summed E-state index contributed by atoms with van der Waals surface area (Å²) in [5.41, 5.74) is 0. The summed E-state index contributed by atoms with van der Waals surface area (Å²) < 4.78 is 10.5. The van der Waals surface area contributed by atoms with Crippen LogP contribution in [0.3, 0.4) is 0 Å². The van der Waals surface area contributed by atoms with Gasteiger partial charge in [0.05, 0.1) is 6.61 Å². The molecule has 37 heavy (non-hydrogen) atoms. The molecule has 0 heterocycles. The van der Waals surface area contributed by atoms with Crippen molar-refractivity contribution in [2.45, 2.75) is 175 Å². The summed E-state index contributed by atoms with van der Waals surface area (Å²) in [6.07, 6.45) is 25.8. The molecule has 0 saturated carbocycles. The molecule has 5 heteroatoms. The van der Waals surface area contributed by atoms with Crippen LogP contribution in [0.5, 0.6) is 0 Å². The summed E-state index contributed by atoms with van der Waals surface area (Å²) in [6.45, 7) is 6.44. The maximum Gasteiger partial charge on any atom is 0.306 e. The molecule has 1 unspecified atom stereocenters. The zero-order chi connectivity index (χ0) is 27.4. The van der Waals surface area contributed by atoms with Crippen LogP contribution in [-0.2, 0) is 19.1 Å². The molecule has 0 aliphatic carbocycles. The number of carbonyl (C=O) groups excluding carboxylic acids is 2. The molecule has 1 N–H and O–H groups in total.